The normalized spacial score (nSPS) is 12.4. The van der Waals surface area contributed by atoms with Gasteiger partial charge in [0.15, 0.2) is 0 Å². The van der Waals surface area contributed by atoms with E-state index >= 15 is 0 Å². The molecule has 154 valence electrons. The summed E-state index contributed by atoms with van der Waals surface area (Å²) in [6.07, 6.45) is 9.30. The van der Waals surface area contributed by atoms with E-state index in [1.54, 1.807) is 26.0 Å². The van der Waals surface area contributed by atoms with Gasteiger partial charge < -0.3 is 9.84 Å². The molecule has 4 nitrogen and oxygen atoms in total. The second-order valence-electron chi connectivity index (χ2n) is 7.61. The van der Waals surface area contributed by atoms with E-state index in [0.717, 1.165) is 18.4 Å². The number of esters is 1. The monoisotopic (exact) mass is 386 g/mol. The highest BCUT2D eigenvalue weighted by Crippen LogP contribution is 2.17. The second kappa shape index (κ2) is 13.5. The highest BCUT2D eigenvalue weighted by molar-refractivity contribution is 5.88. The Kier molecular flexibility index (Phi) is 12.3. The van der Waals surface area contributed by atoms with Crippen LogP contribution in [0.2, 0.25) is 0 Å². The maximum Gasteiger partial charge on any atom is 0.333 e. The number of rotatable bonds is 7. The van der Waals surface area contributed by atoms with Gasteiger partial charge in [-0.3, -0.25) is 0 Å². The van der Waals surface area contributed by atoms with Gasteiger partial charge in [0.25, 0.3) is 0 Å². The average molecular weight is 387 g/mol. The predicted octanol–water partition coefficient (Wildman–Crippen LogP) is 6.05. The van der Waals surface area contributed by atoms with E-state index in [1.165, 1.54) is 0 Å². The minimum Gasteiger partial charge on any atom is -0.478 e. The van der Waals surface area contributed by atoms with Crippen LogP contribution in [0.15, 0.2) is 59.7 Å². The fraction of sp³-hybridized carbons (Fsp3) is 0.417. The summed E-state index contributed by atoms with van der Waals surface area (Å²) in [5, 5.41) is 8.48. The molecule has 0 saturated carbocycles. The Balaban J connectivity index is 0.000000621. The van der Waals surface area contributed by atoms with Crippen molar-refractivity contribution in [1.29, 1.82) is 0 Å². The molecule has 1 rings (SSSR count). The average Bonchev–Trinajstić information content (AvgIpc) is 2.61. The highest BCUT2D eigenvalue weighted by atomic mass is 16.5. The van der Waals surface area contributed by atoms with Crippen molar-refractivity contribution in [1.82, 2.24) is 0 Å². The van der Waals surface area contributed by atoms with E-state index in [0.29, 0.717) is 17.8 Å². The molecular weight excluding hydrogens is 352 g/mol. The van der Waals surface area contributed by atoms with E-state index < -0.39 is 5.97 Å². The number of allylic oxidation sites excluding steroid dienone is 3. The minimum atomic E-state index is -0.838. The molecule has 0 saturated heterocycles. The number of aliphatic carboxylic acids is 1. The van der Waals surface area contributed by atoms with Crippen LogP contribution in [0.1, 0.15) is 59.9 Å². The third-order valence-electron chi connectivity index (χ3n) is 3.47. The third kappa shape index (κ3) is 13.6. The zero-order valence-electron chi connectivity index (χ0n) is 18.0. The molecular formula is C24H34O4. The van der Waals surface area contributed by atoms with Crippen molar-refractivity contribution in [2.75, 3.05) is 6.61 Å². The molecule has 0 aromatic heterocycles. The van der Waals surface area contributed by atoms with Gasteiger partial charge in [-0.05, 0) is 31.2 Å². The van der Waals surface area contributed by atoms with Crippen LogP contribution >= 0.6 is 0 Å². The Hall–Kier alpha value is -2.62. The van der Waals surface area contributed by atoms with Gasteiger partial charge in [-0.15, -0.1) is 0 Å². The van der Waals surface area contributed by atoms with Gasteiger partial charge in [0, 0.05) is 11.1 Å². The van der Waals surface area contributed by atoms with Gasteiger partial charge in [-0.25, -0.2) is 9.59 Å². The maximum atomic E-state index is 11.5. The summed E-state index contributed by atoms with van der Waals surface area (Å²) >= 11 is 0. The Morgan fingerprint density at radius 2 is 1.68 bits per heavy atom. The molecule has 0 radical (unpaired) electrons. The summed E-state index contributed by atoms with van der Waals surface area (Å²) in [7, 11) is 0. The Morgan fingerprint density at radius 1 is 1.07 bits per heavy atom. The SMILES string of the molecule is CC(=CC(C)(C)C)C(=O)O.CCCCOC(=O)C(C)=CC=Cc1ccccc1. The number of hydrogen-bond donors (Lipinski definition) is 1. The summed E-state index contributed by atoms with van der Waals surface area (Å²) in [6, 6.07) is 9.96. The first kappa shape index (κ1) is 25.4. The lowest BCUT2D eigenvalue weighted by atomic mass is 9.94. The van der Waals surface area contributed by atoms with Gasteiger partial charge in [-0.1, -0.05) is 88.8 Å². The van der Waals surface area contributed by atoms with Crippen LogP contribution in [0.4, 0.5) is 0 Å². The number of benzene rings is 1. The summed E-state index contributed by atoms with van der Waals surface area (Å²) in [5.74, 6) is -1.07. The molecule has 0 aliphatic rings. The summed E-state index contributed by atoms with van der Waals surface area (Å²) < 4.78 is 5.11. The van der Waals surface area contributed by atoms with Crippen LogP contribution in [0.5, 0.6) is 0 Å². The molecule has 0 aliphatic carbocycles. The quantitative estimate of drug-likeness (QED) is 0.268. The van der Waals surface area contributed by atoms with Crippen LogP contribution in [0, 0.1) is 5.41 Å². The number of ether oxygens (including phenoxy) is 1. The molecule has 28 heavy (non-hydrogen) atoms. The lowest BCUT2D eigenvalue weighted by Gasteiger charge is -2.11. The molecule has 0 unspecified atom stereocenters. The second-order valence-corrected chi connectivity index (χ2v) is 7.61. The number of unbranched alkanes of at least 4 members (excludes halogenated alkanes) is 1. The number of hydrogen-bond acceptors (Lipinski definition) is 3. The largest absolute Gasteiger partial charge is 0.478 e. The standard InChI is InChI=1S/C16H20O2.C8H14O2/c1-3-4-13-18-16(17)14(2)9-8-12-15-10-6-5-7-11-15;1-6(7(9)10)5-8(2,3)4/h5-12H,3-4,13H2,1-2H3;5H,1-4H3,(H,9,10). The van der Waals surface area contributed by atoms with E-state index in [9.17, 15) is 9.59 Å². The third-order valence-corrected chi connectivity index (χ3v) is 3.47. The lowest BCUT2D eigenvalue weighted by molar-refractivity contribution is -0.139. The van der Waals surface area contributed by atoms with Crippen LogP contribution in [-0.4, -0.2) is 23.7 Å². The first-order valence-electron chi connectivity index (χ1n) is 9.56. The molecule has 0 heterocycles. The van der Waals surface area contributed by atoms with Crippen molar-refractivity contribution in [2.45, 2.75) is 54.4 Å². The summed E-state index contributed by atoms with van der Waals surface area (Å²) in [4.78, 5) is 21.8. The van der Waals surface area contributed by atoms with E-state index in [2.05, 4.69) is 6.92 Å². The zero-order valence-corrected chi connectivity index (χ0v) is 18.0. The molecule has 1 aromatic carbocycles. The van der Waals surface area contributed by atoms with E-state index in [4.69, 9.17) is 9.84 Å². The van der Waals surface area contributed by atoms with Crippen molar-refractivity contribution >= 4 is 18.0 Å². The zero-order chi connectivity index (χ0) is 21.6. The van der Waals surface area contributed by atoms with Crippen molar-refractivity contribution in [3.05, 3.63) is 65.3 Å². The minimum absolute atomic E-state index is 0.0392. The fourth-order valence-corrected chi connectivity index (χ4v) is 2.07. The van der Waals surface area contributed by atoms with Crippen LogP contribution in [0.3, 0.4) is 0 Å². The first-order chi connectivity index (χ1) is 13.1. The predicted molar refractivity (Wildman–Crippen MR) is 116 cm³/mol. The number of carboxylic acid groups (broad SMARTS) is 1. The highest BCUT2D eigenvalue weighted by Gasteiger charge is 2.09. The lowest BCUT2D eigenvalue weighted by Crippen LogP contribution is -2.06. The maximum absolute atomic E-state index is 11.5. The van der Waals surface area contributed by atoms with Gasteiger partial charge >= 0.3 is 11.9 Å². The Bertz CT molecular complexity index is 689. The van der Waals surface area contributed by atoms with Crippen LogP contribution in [-0.2, 0) is 14.3 Å². The topological polar surface area (TPSA) is 63.6 Å². The number of carboxylic acids is 1. The Labute approximate surface area is 169 Å². The van der Waals surface area contributed by atoms with Crippen molar-refractivity contribution < 1.29 is 19.4 Å². The van der Waals surface area contributed by atoms with Crippen molar-refractivity contribution in [3.8, 4) is 0 Å². The molecule has 1 aromatic rings. The number of carbonyl (C=O) groups is 2. The molecule has 0 amide bonds. The fourth-order valence-electron chi connectivity index (χ4n) is 2.07. The van der Waals surface area contributed by atoms with Gasteiger partial charge in [0.05, 0.1) is 6.61 Å². The van der Waals surface area contributed by atoms with E-state index in [1.807, 2.05) is 63.3 Å². The summed E-state index contributed by atoms with van der Waals surface area (Å²) in [6.45, 7) is 11.9. The molecule has 0 aliphatic heterocycles. The van der Waals surface area contributed by atoms with Crippen LogP contribution < -0.4 is 0 Å². The van der Waals surface area contributed by atoms with Crippen LogP contribution in [0.25, 0.3) is 6.08 Å². The van der Waals surface area contributed by atoms with Gasteiger partial charge in [0.2, 0.25) is 0 Å². The molecule has 4 heteroatoms. The molecule has 0 bridgehead atoms. The van der Waals surface area contributed by atoms with Crippen molar-refractivity contribution in [3.63, 3.8) is 0 Å². The van der Waals surface area contributed by atoms with E-state index in [-0.39, 0.29) is 11.4 Å². The molecule has 0 spiro atoms. The van der Waals surface area contributed by atoms with Gasteiger partial charge in [-0.2, -0.15) is 0 Å². The number of carbonyl (C=O) groups excluding carboxylic acids is 1. The molecule has 0 fully saturated rings. The van der Waals surface area contributed by atoms with Gasteiger partial charge in [0.1, 0.15) is 0 Å². The molecule has 0 atom stereocenters. The Morgan fingerprint density at radius 3 is 2.14 bits per heavy atom. The smallest absolute Gasteiger partial charge is 0.333 e. The molecule has 1 N–H and O–H groups in total. The first-order valence-corrected chi connectivity index (χ1v) is 9.56. The van der Waals surface area contributed by atoms with Crippen molar-refractivity contribution in [2.24, 2.45) is 5.41 Å². The summed E-state index contributed by atoms with van der Waals surface area (Å²) in [5.41, 5.74) is 2.11.